The second kappa shape index (κ2) is 5.92. The van der Waals surface area contributed by atoms with Crippen molar-refractivity contribution in [3.63, 3.8) is 0 Å². The van der Waals surface area contributed by atoms with Crippen LogP contribution in [0.15, 0.2) is 42.5 Å². The van der Waals surface area contributed by atoms with Gasteiger partial charge in [-0.3, -0.25) is 0 Å². The first-order chi connectivity index (χ1) is 9.52. The number of anilines is 2. The van der Waals surface area contributed by atoms with E-state index in [-0.39, 0.29) is 5.82 Å². The quantitative estimate of drug-likeness (QED) is 0.924. The molecular formula is C16H18FNO2. The van der Waals surface area contributed by atoms with Crippen LogP contribution in [0.5, 0.6) is 5.75 Å². The first kappa shape index (κ1) is 14.3. The molecule has 0 aromatic heterocycles. The third-order valence-corrected chi connectivity index (χ3v) is 3.24. The molecule has 4 heteroatoms. The fraction of sp³-hybridized carbons (Fsp3) is 0.250. The summed E-state index contributed by atoms with van der Waals surface area (Å²) in [6.07, 6.45) is -0.742. The third-order valence-electron chi connectivity index (χ3n) is 3.24. The summed E-state index contributed by atoms with van der Waals surface area (Å²) in [5.41, 5.74) is 2.21. The number of benzene rings is 2. The van der Waals surface area contributed by atoms with Crippen LogP contribution in [0.2, 0.25) is 0 Å². The Hall–Kier alpha value is -2.07. The highest BCUT2D eigenvalue weighted by Gasteiger charge is 2.14. The molecule has 0 aliphatic heterocycles. The molecule has 1 atom stereocenters. The minimum absolute atomic E-state index is 0.358. The molecule has 0 fully saturated rings. The molecule has 3 nitrogen and oxygen atoms in total. The number of methoxy groups -OCH3 is 1. The average molecular weight is 275 g/mol. The van der Waals surface area contributed by atoms with E-state index < -0.39 is 6.10 Å². The van der Waals surface area contributed by atoms with Gasteiger partial charge in [0.1, 0.15) is 11.6 Å². The lowest BCUT2D eigenvalue weighted by atomic mass is 10.1. The van der Waals surface area contributed by atoms with E-state index in [4.69, 9.17) is 4.74 Å². The number of rotatable bonds is 4. The largest absolute Gasteiger partial charge is 0.497 e. The standard InChI is InChI=1S/C16H18FNO2/c1-11(19)15-9-12(17)7-8-16(15)18(2)13-5-4-6-14(10-13)20-3/h4-11,19H,1-3H3/t11-/m1/s1. The monoisotopic (exact) mass is 275 g/mol. The molecule has 0 radical (unpaired) electrons. The highest BCUT2D eigenvalue weighted by atomic mass is 19.1. The van der Waals surface area contributed by atoms with Crippen LogP contribution in [0, 0.1) is 5.82 Å². The second-order valence-electron chi connectivity index (χ2n) is 4.64. The average Bonchev–Trinajstić information content (AvgIpc) is 2.46. The van der Waals surface area contributed by atoms with E-state index in [1.165, 1.54) is 12.1 Å². The van der Waals surface area contributed by atoms with Crippen molar-refractivity contribution in [2.24, 2.45) is 0 Å². The van der Waals surface area contributed by atoms with Gasteiger partial charge in [-0.25, -0.2) is 4.39 Å². The van der Waals surface area contributed by atoms with Gasteiger partial charge in [-0.1, -0.05) is 6.07 Å². The van der Waals surface area contributed by atoms with Crippen LogP contribution in [-0.4, -0.2) is 19.3 Å². The van der Waals surface area contributed by atoms with Gasteiger partial charge in [-0.15, -0.1) is 0 Å². The van der Waals surface area contributed by atoms with Gasteiger partial charge >= 0.3 is 0 Å². The molecule has 1 N–H and O–H groups in total. The molecule has 0 aliphatic rings. The second-order valence-corrected chi connectivity index (χ2v) is 4.64. The van der Waals surface area contributed by atoms with E-state index in [0.29, 0.717) is 5.56 Å². The summed E-state index contributed by atoms with van der Waals surface area (Å²) >= 11 is 0. The smallest absolute Gasteiger partial charge is 0.123 e. The molecule has 106 valence electrons. The number of ether oxygens (including phenoxy) is 1. The van der Waals surface area contributed by atoms with Crippen molar-refractivity contribution in [3.8, 4) is 5.75 Å². The van der Waals surface area contributed by atoms with E-state index in [1.54, 1.807) is 20.1 Å². The molecule has 0 heterocycles. The summed E-state index contributed by atoms with van der Waals surface area (Å²) in [6, 6.07) is 12.0. The van der Waals surface area contributed by atoms with Crippen LogP contribution in [0.1, 0.15) is 18.6 Å². The van der Waals surface area contributed by atoms with Crippen LogP contribution < -0.4 is 9.64 Å². The zero-order valence-electron chi connectivity index (χ0n) is 11.8. The maximum absolute atomic E-state index is 13.3. The Balaban J connectivity index is 2.44. The molecule has 0 unspecified atom stereocenters. The Kier molecular flexibility index (Phi) is 4.25. The Morgan fingerprint density at radius 3 is 2.60 bits per heavy atom. The van der Waals surface area contributed by atoms with Crippen molar-refractivity contribution in [1.82, 2.24) is 0 Å². The lowest BCUT2D eigenvalue weighted by Gasteiger charge is -2.24. The van der Waals surface area contributed by atoms with Gasteiger partial charge < -0.3 is 14.7 Å². The predicted molar refractivity (Wildman–Crippen MR) is 78.1 cm³/mol. The number of aliphatic hydroxyl groups excluding tert-OH is 1. The maximum atomic E-state index is 13.3. The van der Waals surface area contributed by atoms with Crippen LogP contribution in [-0.2, 0) is 0 Å². The summed E-state index contributed by atoms with van der Waals surface area (Å²) in [5.74, 6) is 0.388. The maximum Gasteiger partial charge on any atom is 0.123 e. The summed E-state index contributed by atoms with van der Waals surface area (Å²) in [5, 5.41) is 9.81. The molecule has 0 saturated carbocycles. The lowest BCUT2D eigenvalue weighted by Crippen LogP contribution is -2.13. The van der Waals surface area contributed by atoms with E-state index >= 15 is 0 Å². The minimum Gasteiger partial charge on any atom is -0.497 e. The number of halogens is 1. The van der Waals surface area contributed by atoms with Gasteiger partial charge in [0.15, 0.2) is 0 Å². The Bertz CT molecular complexity index is 599. The number of hydrogen-bond donors (Lipinski definition) is 1. The zero-order chi connectivity index (χ0) is 14.7. The highest BCUT2D eigenvalue weighted by Crippen LogP contribution is 2.32. The Labute approximate surface area is 118 Å². The van der Waals surface area contributed by atoms with Crippen LogP contribution in [0.3, 0.4) is 0 Å². The SMILES string of the molecule is COc1cccc(N(C)c2ccc(F)cc2[C@@H](C)O)c1. The van der Waals surface area contributed by atoms with Gasteiger partial charge in [-0.2, -0.15) is 0 Å². The number of hydrogen-bond acceptors (Lipinski definition) is 3. The minimum atomic E-state index is -0.742. The highest BCUT2D eigenvalue weighted by molar-refractivity contribution is 5.67. The molecular weight excluding hydrogens is 257 g/mol. The fourth-order valence-electron chi connectivity index (χ4n) is 2.12. The van der Waals surface area contributed by atoms with Crippen molar-refractivity contribution >= 4 is 11.4 Å². The third kappa shape index (κ3) is 2.91. The summed E-state index contributed by atoms with van der Waals surface area (Å²) in [4.78, 5) is 1.89. The fourth-order valence-corrected chi connectivity index (χ4v) is 2.12. The molecule has 0 saturated heterocycles. The van der Waals surface area contributed by atoms with Crippen LogP contribution in [0.25, 0.3) is 0 Å². The van der Waals surface area contributed by atoms with Gasteiger partial charge in [0, 0.05) is 30.1 Å². The van der Waals surface area contributed by atoms with Crippen molar-refractivity contribution in [2.75, 3.05) is 19.1 Å². The van der Waals surface area contributed by atoms with E-state index in [9.17, 15) is 9.50 Å². The van der Waals surface area contributed by atoms with Gasteiger partial charge in [0.25, 0.3) is 0 Å². The summed E-state index contributed by atoms with van der Waals surface area (Å²) < 4.78 is 18.5. The first-order valence-electron chi connectivity index (χ1n) is 6.38. The molecule has 0 bridgehead atoms. The predicted octanol–water partition coefficient (Wildman–Crippen LogP) is 3.66. The van der Waals surface area contributed by atoms with Crippen molar-refractivity contribution in [1.29, 1.82) is 0 Å². The van der Waals surface area contributed by atoms with E-state index in [0.717, 1.165) is 17.1 Å². The molecule has 0 aliphatic carbocycles. The van der Waals surface area contributed by atoms with Gasteiger partial charge in [-0.05, 0) is 37.3 Å². The molecule has 2 rings (SSSR count). The molecule has 2 aromatic carbocycles. The number of aliphatic hydroxyl groups is 1. The summed E-state index contributed by atoms with van der Waals surface area (Å²) in [7, 11) is 3.48. The lowest BCUT2D eigenvalue weighted by molar-refractivity contribution is 0.199. The topological polar surface area (TPSA) is 32.7 Å². The van der Waals surface area contributed by atoms with Crippen molar-refractivity contribution in [3.05, 3.63) is 53.8 Å². The van der Waals surface area contributed by atoms with Crippen LogP contribution in [0.4, 0.5) is 15.8 Å². The van der Waals surface area contributed by atoms with Gasteiger partial charge in [0.2, 0.25) is 0 Å². The first-order valence-corrected chi connectivity index (χ1v) is 6.38. The van der Waals surface area contributed by atoms with E-state index in [2.05, 4.69) is 0 Å². The molecule has 0 spiro atoms. The molecule has 0 amide bonds. The van der Waals surface area contributed by atoms with Crippen LogP contribution >= 0.6 is 0 Å². The van der Waals surface area contributed by atoms with Crippen molar-refractivity contribution in [2.45, 2.75) is 13.0 Å². The normalized spacial score (nSPS) is 12.1. The zero-order valence-corrected chi connectivity index (χ0v) is 11.8. The Morgan fingerprint density at radius 2 is 1.95 bits per heavy atom. The van der Waals surface area contributed by atoms with E-state index in [1.807, 2.05) is 36.2 Å². The summed E-state index contributed by atoms with van der Waals surface area (Å²) in [6.45, 7) is 1.62. The van der Waals surface area contributed by atoms with Gasteiger partial charge in [0.05, 0.1) is 13.2 Å². The Morgan fingerprint density at radius 1 is 1.20 bits per heavy atom. The van der Waals surface area contributed by atoms with Crippen molar-refractivity contribution < 1.29 is 14.2 Å². The molecule has 20 heavy (non-hydrogen) atoms. The number of nitrogens with zero attached hydrogens (tertiary/aromatic N) is 1. The molecule has 2 aromatic rings.